The molecule has 1 amide bonds. The summed E-state index contributed by atoms with van der Waals surface area (Å²) in [5.41, 5.74) is 1.87. The van der Waals surface area contributed by atoms with E-state index in [1.807, 2.05) is 25.1 Å². The third-order valence-electron chi connectivity index (χ3n) is 5.95. The number of aryl methyl sites for hydroxylation is 1. The molecule has 1 fully saturated rings. The topological polar surface area (TPSA) is 81.5 Å². The van der Waals surface area contributed by atoms with Gasteiger partial charge in [0.25, 0.3) is 5.56 Å². The van der Waals surface area contributed by atoms with Gasteiger partial charge in [0.2, 0.25) is 5.91 Å². The molecule has 0 aliphatic carbocycles. The molecule has 178 valence electrons. The second-order valence-electron chi connectivity index (χ2n) is 8.18. The molecule has 0 saturated carbocycles. The summed E-state index contributed by atoms with van der Waals surface area (Å²) >= 11 is 7.56. The van der Waals surface area contributed by atoms with Crippen molar-refractivity contribution in [3.63, 3.8) is 0 Å². The molecule has 0 N–H and O–H groups in total. The largest absolute Gasteiger partial charge is 0.466 e. The van der Waals surface area contributed by atoms with Crippen LogP contribution >= 0.6 is 23.4 Å². The standard InChI is InChI=1S/C25H26ClN3O4S/c1-3-33-24(32)17-10-12-28(13-11-17)22(30)15-34-25-27-21-7-5-4-6-19(21)23(31)29(25)18-9-8-16(2)20(26)14-18/h4-9,14,17H,3,10-13,15H2,1-2H3. The minimum absolute atomic E-state index is 0.0526. The zero-order chi connectivity index (χ0) is 24.2. The summed E-state index contributed by atoms with van der Waals surface area (Å²) in [4.78, 5) is 44.7. The van der Waals surface area contributed by atoms with Crippen molar-refractivity contribution >= 4 is 46.1 Å². The van der Waals surface area contributed by atoms with E-state index in [-0.39, 0.29) is 29.1 Å². The predicted octanol–water partition coefficient (Wildman–Crippen LogP) is 4.24. The van der Waals surface area contributed by atoms with Gasteiger partial charge in [-0.3, -0.25) is 19.0 Å². The van der Waals surface area contributed by atoms with Crippen LogP contribution in [0.5, 0.6) is 0 Å². The number of hydrogen-bond donors (Lipinski definition) is 0. The first-order chi connectivity index (χ1) is 16.4. The molecule has 1 saturated heterocycles. The lowest BCUT2D eigenvalue weighted by molar-refractivity contribution is -0.151. The fourth-order valence-corrected chi connectivity index (χ4v) is 5.09. The molecule has 1 aromatic heterocycles. The van der Waals surface area contributed by atoms with E-state index >= 15 is 0 Å². The van der Waals surface area contributed by atoms with Gasteiger partial charge in [0.05, 0.1) is 34.9 Å². The molecular formula is C25H26ClN3O4S. The molecule has 0 unspecified atom stereocenters. The monoisotopic (exact) mass is 499 g/mol. The van der Waals surface area contributed by atoms with Crippen molar-refractivity contribution in [2.45, 2.75) is 31.8 Å². The van der Waals surface area contributed by atoms with E-state index in [9.17, 15) is 14.4 Å². The number of ether oxygens (including phenoxy) is 1. The molecule has 0 spiro atoms. The molecule has 1 aliphatic rings. The normalized spacial score (nSPS) is 14.4. The smallest absolute Gasteiger partial charge is 0.309 e. The second-order valence-corrected chi connectivity index (χ2v) is 9.53. The lowest BCUT2D eigenvalue weighted by Crippen LogP contribution is -2.41. The van der Waals surface area contributed by atoms with E-state index in [1.54, 1.807) is 36.1 Å². The third kappa shape index (κ3) is 5.13. The second kappa shape index (κ2) is 10.6. The van der Waals surface area contributed by atoms with Gasteiger partial charge in [-0.1, -0.05) is 41.6 Å². The lowest BCUT2D eigenvalue weighted by atomic mass is 9.97. The SMILES string of the molecule is CCOC(=O)C1CCN(C(=O)CSc2nc3ccccc3c(=O)n2-c2ccc(C)c(Cl)c2)CC1. The molecule has 34 heavy (non-hydrogen) atoms. The molecule has 0 atom stereocenters. The molecular weight excluding hydrogens is 474 g/mol. The predicted molar refractivity (Wildman–Crippen MR) is 134 cm³/mol. The minimum Gasteiger partial charge on any atom is -0.466 e. The minimum atomic E-state index is -0.212. The van der Waals surface area contributed by atoms with E-state index < -0.39 is 0 Å². The summed E-state index contributed by atoms with van der Waals surface area (Å²) in [7, 11) is 0. The molecule has 0 radical (unpaired) electrons. The zero-order valence-electron chi connectivity index (χ0n) is 19.1. The average Bonchev–Trinajstić information content (AvgIpc) is 2.85. The maximum atomic E-state index is 13.4. The van der Waals surface area contributed by atoms with Crippen molar-refractivity contribution in [2.24, 2.45) is 5.92 Å². The molecule has 0 bridgehead atoms. The highest BCUT2D eigenvalue weighted by Crippen LogP contribution is 2.26. The van der Waals surface area contributed by atoms with Gasteiger partial charge in [-0.2, -0.15) is 0 Å². The Kier molecular flexibility index (Phi) is 7.58. The fourth-order valence-electron chi connectivity index (χ4n) is 4.00. The Labute approximate surface area is 207 Å². The van der Waals surface area contributed by atoms with Gasteiger partial charge >= 0.3 is 5.97 Å². The van der Waals surface area contributed by atoms with Crippen LogP contribution in [0.15, 0.2) is 52.4 Å². The summed E-state index contributed by atoms with van der Waals surface area (Å²) in [6.45, 7) is 5.07. The lowest BCUT2D eigenvalue weighted by Gasteiger charge is -2.30. The van der Waals surface area contributed by atoms with Crippen molar-refractivity contribution in [3.05, 3.63) is 63.4 Å². The van der Waals surface area contributed by atoms with Crippen LogP contribution in [0.25, 0.3) is 16.6 Å². The van der Waals surface area contributed by atoms with Crippen molar-refractivity contribution in [3.8, 4) is 5.69 Å². The van der Waals surface area contributed by atoms with Crippen LogP contribution < -0.4 is 5.56 Å². The van der Waals surface area contributed by atoms with Gasteiger partial charge in [-0.25, -0.2) is 4.98 Å². The van der Waals surface area contributed by atoms with Gasteiger partial charge in [0.1, 0.15) is 0 Å². The van der Waals surface area contributed by atoms with Crippen molar-refractivity contribution < 1.29 is 14.3 Å². The molecule has 2 heterocycles. The van der Waals surface area contributed by atoms with Gasteiger partial charge < -0.3 is 9.64 Å². The maximum Gasteiger partial charge on any atom is 0.309 e. The number of hydrogen-bond acceptors (Lipinski definition) is 6. The van der Waals surface area contributed by atoms with Crippen LogP contribution in [0.2, 0.25) is 5.02 Å². The average molecular weight is 500 g/mol. The first-order valence-electron chi connectivity index (χ1n) is 11.2. The van der Waals surface area contributed by atoms with Crippen molar-refractivity contribution in [2.75, 3.05) is 25.4 Å². The van der Waals surface area contributed by atoms with Crippen LogP contribution in [-0.4, -0.2) is 51.8 Å². The summed E-state index contributed by atoms with van der Waals surface area (Å²) in [6.07, 6.45) is 1.19. The Hall–Kier alpha value is -2.84. The van der Waals surface area contributed by atoms with Gasteiger partial charge in [-0.05, 0) is 56.5 Å². The molecule has 2 aromatic carbocycles. The Morgan fingerprint density at radius 1 is 1.18 bits per heavy atom. The Balaban J connectivity index is 1.56. The Morgan fingerprint density at radius 2 is 1.91 bits per heavy atom. The number of rotatable bonds is 6. The number of nitrogens with zero attached hydrogens (tertiary/aromatic N) is 3. The number of benzene rings is 2. The number of para-hydroxylation sites is 1. The highest BCUT2D eigenvalue weighted by atomic mass is 35.5. The van der Waals surface area contributed by atoms with E-state index in [2.05, 4.69) is 4.98 Å². The number of halogens is 1. The summed E-state index contributed by atoms with van der Waals surface area (Å²) < 4.78 is 6.62. The third-order valence-corrected chi connectivity index (χ3v) is 7.28. The summed E-state index contributed by atoms with van der Waals surface area (Å²) in [5, 5.41) is 1.48. The number of thioether (sulfide) groups is 1. The van der Waals surface area contributed by atoms with Gasteiger partial charge in [-0.15, -0.1) is 0 Å². The maximum absolute atomic E-state index is 13.4. The van der Waals surface area contributed by atoms with E-state index in [1.165, 1.54) is 16.3 Å². The quantitative estimate of drug-likeness (QED) is 0.286. The number of amides is 1. The van der Waals surface area contributed by atoms with Crippen LogP contribution in [0, 0.1) is 12.8 Å². The summed E-state index contributed by atoms with van der Waals surface area (Å²) in [5.74, 6) is -0.266. The van der Waals surface area contributed by atoms with Crippen LogP contribution in [0.3, 0.4) is 0 Å². The highest BCUT2D eigenvalue weighted by Gasteiger charge is 2.28. The number of esters is 1. The van der Waals surface area contributed by atoms with Crippen LogP contribution in [0.1, 0.15) is 25.3 Å². The summed E-state index contributed by atoms with van der Waals surface area (Å²) in [6, 6.07) is 12.6. The van der Waals surface area contributed by atoms with Gasteiger partial charge in [0, 0.05) is 18.1 Å². The Bertz CT molecular complexity index is 1280. The zero-order valence-corrected chi connectivity index (χ0v) is 20.7. The Morgan fingerprint density at radius 3 is 2.62 bits per heavy atom. The first kappa shape index (κ1) is 24.3. The number of fused-ring (bicyclic) bond motifs is 1. The molecule has 4 rings (SSSR count). The number of aromatic nitrogens is 2. The number of likely N-dealkylation sites (tertiary alicyclic amines) is 1. The number of piperidine rings is 1. The van der Waals surface area contributed by atoms with Crippen molar-refractivity contribution in [1.82, 2.24) is 14.5 Å². The molecule has 1 aliphatic heterocycles. The molecule has 7 nitrogen and oxygen atoms in total. The molecule has 3 aromatic rings. The van der Waals surface area contributed by atoms with Crippen molar-refractivity contribution in [1.29, 1.82) is 0 Å². The number of carbonyl (C=O) groups excluding carboxylic acids is 2. The molecule has 9 heteroatoms. The first-order valence-corrected chi connectivity index (χ1v) is 12.6. The fraction of sp³-hybridized carbons (Fsp3) is 0.360. The highest BCUT2D eigenvalue weighted by molar-refractivity contribution is 7.99. The van der Waals surface area contributed by atoms with E-state index in [0.29, 0.717) is 59.3 Å². The van der Waals surface area contributed by atoms with E-state index in [4.69, 9.17) is 16.3 Å². The van der Waals surface area contributed by atoms with E-state index in [0.717, 1.165) is 5.56 Å². The number of carbonyl (C=O) groups is 2. The van der Waals surface area contributed by atoms with Crippen LogP contribution in [-0.2, 0) is 14.3 Å². The van der Waals surface area contributed by atoms with Gasteiger partial charge in [0.15, 0.2) is 5.16 Å². The van der Waals surface area contributed by atoms with Crippen LogP contribution in [0.4, 0.5) is 0 Å².